The molecule has 0 atom stereocenters. The highest BCUT2D eigenvalue weighted by atomic mass is 19.1. The van der Waals surface area contributed by atoms with E-state index in [-0.39, 0.29) is 16.6 Å². The smallest absolute Gasteiger partial charge is 0.127 e. The lowest BCUT2D eigenvalue weighted by atomic mass is 9.78. The minimum Gasteiger partial charge on any atom is -0.493 e. The minimum atomic E-state index is -0.182. The van der Waals surface area contributed by atoms with Gasteiger partial charge in [0.2, 0.25) is 0 Å². The molecule has 1 aliphatic rings. The van der Waals surface area contributed by atoms with Gasteiger partial charge in [0.15, 0.2) is 0 Å². The number of halogens is 1. The van der Waals surface area contributed by atoms with Gasteiger partial charge in [0.05, 0.1) is 6.61 Å². The summed E-state index contributed by atoms with van der Waals surface area (Å²) >= 11 is 0. The fraction of sp³-hybridized carbons (Fsp3) is 0.625. The first-order valence-corrected chi connectivity index (χ1v) is 6.61. The molecule has 18 heavy (non-hydrogen) atoms. The molecule has 0 aromatic heterocycles. The molecule has 1 aliphatic heterocycles. The Labute approximate surface area is 109 Å². The van der Waals surface area contributed by atoms with E-state index in [1.165, 1.54) is 0 Å². The molecule has 0 aliphatic carbocycles. The van der Waals surface area contributed by atoms with E-state index in [1.807, 2.05) is 0 Å². The van der Waals surface area contributed by atoms with E-state index < -0.39 is 0 Å². The average Bonchev–Trinajstić information content (AvgIpc) is 2.60. The molecule has 0 N–H and O–H groups in total. The van der Waals surface area contributed by atoms with Gasteiger partial charge in [-0.1, -0.05) is 41.5 Å². The lowest BCUT2D eigenvalue weighted by Gasteiger charge is -2.27. The zero-order valence-electron chi connectivity index (χ0n) is 12.3. The Morgan fingerprint density at radius 1 is 1.06 bits per heavy atom. The third-order valence-corrected chi connectivity index (χ3v) is 3.49. The molecule has 0 unspecified atom stereocenters. The largest absolute Gasteiger partial charge is 0.493 e. The number of ether oxygens (including phenoxy) is 1. The quantitative estimate of drug-likeness (QED) is 0.665. The number of benzene rings is 1. The molecular weight excluding hydrogens is 227 g/mol. The van der Waals surface area contributed by atoms with Crippen LogP contribution in [0, 0.1) is 5.82 Å². The molecule has 1 aromatic rings. The van der Waals surface area contributed by atoms with Crippen LogP contribution in [0.3, 0.4) is 0 Å². The maximum atomic E-state index is 14.5. The van der Waals surface area contributed by atoms with Crippen LogP contribution in [0.1, 0.15) is 58.2 Å². The van der Waals surface area contributed by atoms with Gasteiger partial charge in [-0.05, 0) is 16.9 Å². The Hall–Kier alpha value is -1.05. The van der Waals surface area contributed by atoms with Crippen molar-refractivity contribution in [1.82, 2.24) is 0 Å². The second-order valence-electron chi connectivity index (χ2n) is 7.19. The van der Waals surface area contributed by atoms with Crippen LogP contribution >= 0.6 is 0 Å². The van der Waals surface area contributed by atoms with Crippen molar-refractivity contribution in [3.63, 3.8) is 0 Å². The Morgan fingerprint density at radius 2 is 1.67 bits per heavy atom. The summed E-state index contributed by atoms with van der Waals surface area (Å²) in [4.78, 5) is 0. The van der Waals surface area contributed by atoms with E-state index >= 15 is 0 Å². The SMILES string of the molecule is CC(C)(C)c1cc(F)c(C(C)(C)C)c2c1OCC2. The van der Waals surface area contributed by atoms with Gasteiger partial charge in [0.25, 0.3) is 0 Å². The molecule has 0 bridgehead atoms. The van der Waals surface area contributed by atoms with Crippen LogP contribution in [0.15, 0.2) is 6.07 Å². The first-order chi connectivity index (χ1) is 8.12. The summed E-state index contributed by atoms with van der Waals surface area (Å²) in [6.07, 6.45) is 0.822. The van der Waals surface area contributed by atoms with Crippen LogP contribution in [-0.2, 0) is 17.3 Å². The van der Waals surface area contributed by atoms with Crippen LogP contribution < -0.4 is 4.74 Å². The normalized spacial score (nSPS) is 15.5. The topological polar surface area (TPSA) is 9.23 Å². The van der Waals surface area contributed by atoms with Crippen LogP contribution in [0.2, 0.25) is 0 Å². The van der Waals surface area contributed by atoms with Crippen molar-refractivity contribution in [1.29, 1.82) is 0 Å². The van der Waals surface area contributed by atoms with E-state index in [9.17, 15) is 4.39 Å². The Morgan fingerprint density at radius 3 is 2.17 bits per heavy atom. The van der Waals surface area contributed by atoms with Crippen molar-refractivity contribution in [2.45, 2.75) is 58.8 Å². The zero-order valence-corrected chi connectivity index (χ0v) is 12.3. The fourth-order valence-corrected chi connectivity index (χ4v) is 2.71. The average molecular weight is 250 g/mol. The van der Waals surface area contributed by atoms with Gasteiger partial charge < -0.3 is 4.74 Å². The van der Waals surface area contributed by atoms with Crippen molar-refractivity contribution in [3.8, 4) is 5.75 Å². The summed E-state index contributed by atoms with van der Waals surface area (Å²) in [6, 6.07) is 1.67. The monoisotopic (exact) mass is 250 g/mol. The molecule has 1 heterocycles. The van der Waals surface area contributed by atoms with Crippen molar-refractivity contribution >= 4 is 0 Å². The Balaban J connectivity index is 2.73. The van der Waals surface area contributed by atoms with Crippen LogP contribution in [-0.4, -0.2) is 6.61 Å². The van der Waals surface area contributed by atoms with Gasteiger partial charge in [0, 0.05) is 23.1 Å². The molecule has 2 rings (SSSR count). The highest BCUT2D eigenvalue weighted by Crippen LogP contribution is 2.43. The van der Waals surface area contributed by atoms with Crippen LogP contribution in [0.4, 0.5) is 4.39 Å². The first kappa shape index (κ1) is 13.4. The van der Waals surface area contributed by atoms with Crippen molar-refractivity contribution in [3.05, 3.63) is 28.6 Å². The molecule has 0 saturated carbocycles. The van der Waals surface area contributed by atoms with E-state index in [4.69, 9.17) is 4.74 Å². The summed E-state index contributed by atoms with van der Waals surface area (Å²) in [5.74, 6) is 0.838. The molecule has 1 nitrogen and oxygen atoms in total. The lowest BCUT2D eigenvalue weighted by molar-refractivity contribution is 0.346. The third-order valence-electron chi connectivity index (χ3n) is 3.49. The fourth-order valence-electron chi connectivity index (χ4n) is 2.71. The van der Waals surface area contributed by atoms with Crippen molar-refractivity contribution in [2.75, 3.05) is 6.61 Å². The number of fused-ring (bicyclic) bond motifs is 1. The number of rotatable bonds is 0. The highest BCUT2D eigenvalue weighted by Gasteiger charge is 2.33. The summed E-state index contributed by atoms with van der Waals surface area (Å²) in [6.45, 7) is 13.1. The van der Waals surface area contributed by atoms with Gasteiger partial charge >= 0.3 is 0 Å². The molecule has 1 aromatic carbocycles. The zero-order chi connectivity index (χ0) is 13.7. The lowest BCUT2D eigenvalue weighted by Crippen LogP contribution is -2.19. The van der Waals surface area contributed by atoms with E-state index in [0.717, 1.165) is 28.9 Å². The summed E-state index contributed by atoms with van der Waals surface area (Å²) < 4.78 is 20.3. The summed E-state index contributed by atoms with van der Waals surface area (Å²) in [5, 5.41) is 0. The molecule has 100 valence electrons. The van der Waals surface area contributed by atoms with Crippen LogP contribution in [0.25, 0.3) is 0 Å². The molecule has 0 radical (unpaired) electrons. The maximum Gasteiger partial charge on any atom is 0.127 e. The predicted molar refractivity (Wildman–Crippen MR) is 73.0 cm³/mol. The minimum absolute atomic E-state index is 0.0864. The van der Waals surface area contributed by atoms with Crippen molar-refractivity contribution in [2.24, 2.45) is 0 Å². The third kappa shape index (κ3) is 2.13. The van der Waals surface area contributed by atoms with Crippen molar-refractivity contribution < 1.29 is 9.13 Å². The summed E-state index contributed by atoms with van der Waals surface area (Å²) in [5.41, 5.74) is 2.61. The Bertz CT molecular complexity index is 475. The van der Waals surface area contributed by atoms with E-state index in [2.05, 4.69) is 41.5 Å². The Kier molecular flexibility index (Phi) is 2.95. The standard InChI is InChI=1S/C16H23FO/c1-15(2,3)11-9-12(17)13(16(4,5)6)10-7-8-18-14(10)11/h9H,7-8H2,1-6H3. The van der Waals surface area contributed by atoms with Crippen LogP contribution in [0.5, 0.6) is 5.75 Å². The number of hydrogen-bond donors (Lipinski definition) is 0. The molecule has 0 saturated heterocycles. The molecule has 0 spiro atoms. The molecule has 2 heteroatoms. The molecule has 0 fully saturated rings. The van der Waals surface area contributed by atoms with Gasteiger partial charge in [-0.15, -0.1) is 0 Å². The van der Waals surface area contributed by atoms with Gasteiger partial charge in [-0.25, -0.2) is 4.39 Å². The van der Waals surface area contributed by atoms with E-state index in [1.54, 1.807) is 6.07 Å². The maximum absolute atomic E-state index is 14.5. The predicted octanol–water partition coefficient (Wildman–Crippen LogP) is 4.36. The first-order valence-electron chi connectivity index (χ1n) is 6.61. The summed E-state index contributed by atoms with van der Waals surface area (Å²) in [7, 11) is 0. The second-order valence-corrected chi connectivity index (χ2v) is 7.19. The highest BCUT2D eigenvalue weighted by molar-refractivity contribution is 5.53. The van der Waals surface area contributed by atoms with Gasteiger partial charge in [-0.3, -0.25) is 0 Å². The second kappa shape index (κ2) is 3.97. The molecule has 0 amide bonds. The van der Waals surface area contributed by atoms with E-state index in [0.29, 0.717) is 6.61 Å². The molecular formula is C16H23FO. The number of hydrogen-bond acceptors (Lipinski definition) is 1. The van der Waals surface area contributed by atoms with Gasteiger partial charge in [0.1, 0.15) is 11.6 Å². The van der Waals surface area contributed by atoms with Gasteiger partial charge in [-0.2, -0.15) is 0 Å².